The standard InChI is InChI=1S/C6H13BO3/c1-9-3-6(2-8)4-10-5-7/h6,8H,2-5H2,1H3/t6-/m1/s1. The van der Waals surface area contributed by atoms with E-state index < -0.39 is 0 Å². The molecule has 0 aliphatic rings. The number of hydrogen-bond acceptors (Lipinski definition) is 3. The second-order valence-electron chi connectivity index (χ2n) is 2.04. The van der Waals surface area contributed by atoms with Crippen LogP contribution in [0.1, 0.15) is 0 Å². The van der Waals surface area contributed by atoms with Gasteiger partial charge >= 0.3 is 0 Å². The zero-order chi connectivity index (χ0) is 7.82. The van der Waals surface area contributed by atoms with E-state index in [0.29, 0.717) is 13.2 Å². The first-order valence-corrected chi connectivity index (χ1v) is 3.22. The third-order valence-corrected chi connectivity index (χ3v) is 1.13. The van der Waals surface area contributed by atoms with Crippen LogP contribution in [0.3, 0.4) is 0 Å². The highest BCUT2D eigenvalue weighted by molar-refractivity contribution is 6.08. The lowest BCUT2D eigenvalue weighted by atomic mass is 10.2. The Hall–Kier alpha value is -0.0551. The van der Waals surface area contributed by atoms with Crippen LogP contribution in [-0.4, -0.2) is 46.4 Å². The van der Waals surface area contributed by atoms with Crippen LogP contribution in [0.2, 0.25) is 0 Å². The second-order valence-corrected chi connectivity index (χ2v) is 2.04. The summed E-state index contributed by atoms with van der Waals surface area (Å²) >= 11 is 0. The highest BCUT2D eigenvalue weighted by Crippen LogP contribution is 1.95. The van der Waals surface area contributed by atoms with Crippen LogP contribution in [0.4, 0.5) is 0 Å². The summed E-state index contributed by atoms with van der Waals surface area (Å²) in [6.07, 6.45) is 0. The largest absolute Gasteiger partial charge is 0.396 e. The minimum absolute atomic E-state index is 0.0496. The molecule has 1 N–H and O–H groups in total. The molecule has 10 heavy (non-hydrogen) atoms. The Balaban J connectivity index is 3.21. The third kappa shape index (κ3) is 4.79. The Morgan fingerprint density at radius 1 is 1.50 bits per heavy atom. The average molecular weight is 144 g/mol. The number of aliphatic hydroxyl groups excluding tert-OH is 1. The molecule has 58 valence electrons. The van der Waals surface area contributed by atoms with E-state index in [9.17, 15) is 0 Å². The molecule has 2 radical (unpaired) electrons. The predicted molar refractivity (Wildman–Crippen MR) is 39.0 cm³/mol. The molecule has 0 saturated carbocycles. The van der Waals surface area contributed by atoms with E-state index >= 15 is 0 Å². The van der Waals surface area contributed by atoms with Crippen molar-refractivity contribution in [2.45, 2.75) is 0 Å². The zero-order valence-electron chi connectivity index (χ0n) is 6.25. The molecule has 3 nitrogen and oxygen atoms in total. The summed E-state index contributed by atoms with van der Waals surface area (Å²) in [4.78, 5) is 0. The second kappa shape index (κ2) is 7.06. The molecule has 0 saturated heterocycles. The van der Waals surface area contributed by atoms with E-state index in [0.717, 1.165) is 0 Å². The van der Waals surface area contributed by atoms with Gasteiger partial charge in [0.2, 0.25) is 0 Å². The predicted octanol–water partition coefficient (Wildman–Crippen LogP) is -0.616. The summed E-state index contributed by atoms with van der Waals surface area (Å²) in [6.45, 7) is 1.24. The van der Waals surface area contributed by atoms with Crippen molar-refractivity contribution in [1.82, 2.24) is 0 Å². The summed E-state index contributed by atoms with van der Waals surface area (Å²) in [5.74, 6) is 0.0496. The van der Waals surface area contributed by atoms with Crippen molar-refractivity contribution in [2.75, 3.05) is 33.4 Å². The van der Waals surface area contributed by atoms with E-state index in [4.69, 9.17) is 22.4 Å². The first kappa shape index (κ1) is 9.94. The molecule has 0 bridgehead atoms. The fraction of sp³-hybridized carbons (Fsp3) is 1.00. The Morgan fingerprint density at radius 2 is 2.20 bits per heavy atom. The normalized spacial score (nSPS) is 13.4. The van der Waals surface area contributed by atoms with Crippen molar-refractivity contribution < 1.29 is 14.6 Å². The van der Waals surface area contributed by atoms with Crippen molar-refractivity contribution in [2.24, 2.45) is 5.92 Å². The van der Waals surface area contributed by atoms with Gasteiger partial charge in [0.05, 0.1) is 19.8 Å². The summed E-state index contributed by atoms with van der Waals surface area (Å²) < 4.78 is 9.69. The fourth-order valence-electron chi connectivity index (χ4n) is 0.624. The monoisotopic (exact) mass is 144 g/mol. The minimum Gasteiger partial charge on any atom is -0.396 e. The summed E-state index contributed by atoms with van der Waals surface area (Å²) in [7, 11) is 6.67. The van der Waals surface area contributed by atoms with Gasteiger partial charge in [0.25, 0.3) is 0 Å². The first-order chi connectivity index (χ1) is 4.85. The molecule has 0 aromatic heterocycles. The highest BCUT2D eigenvalue weighted by atomic mass is 16.5. The van der Waals surface area contributed by atoms with Gasteiger partial charge in [0, 0.05) is 19.5 Å². The Morgan fingerprint density at radius 3 is 2.60 bits per heavy atom. The number of methoxy groups -OCH3 is 1. The number of aliphatic hydroxyl groups is 1. The Bertz CT molecular complexity index is 70.0. The van der Waals surface area contributed by atoms with Gasteiger partial charge in [0.15, 0.2) is 0 Å². The van der Waals surface area contributed by atoms with Crippen LogP contribution in [0.15, 0.2) is 0 Å². The van der Waals surface area contributed by atoms with Crippen LogP contribution in [0.25, 0.3) is 0 Å². The smallest absolute Gasteiger partial charge is 0.104 e. The molecule has 0 aliphatic heterocycles. The first-order valence-electron chi connectivity index (χ1n) is 3.22. The van der Waals surface area contributed by atoms with Gasteiger partial charge in [0.1, 0.15) is 7.85 Å². The molecule has 0 unspecified atom stereocenters. The molecule has 0 heterocycles. The van der Waals surface area contributed by atoms with Crippen molar-refractivity contribution >= 4 is 7.85 Å². The summed E-state index contributed by atoms with van der Waals surface area (Å²) in [5.41, 5.74) is 0. The van der Waals surface area contributed by atoms with Crippen LogP contribution in [0, 0.1) is 5.92 Å². The molecule has 1 atom stereocenters. The fourth-order valence-corrected chi connectivity index (χ4v) is 0.624. The van der Waals surface area contributed by atoms with Crippen molar-refractivity contribution in [3.05, 3.63) is 0 Å². The van der Waals surface area contributed by atoms with Gasteiger partial charge in [-0.2, -0.15) is 0 Å². The molecule has 0 rings (SSSR count). The summed E-state index contributed by atoms with van der Waals surface area (Å²) in [5, 5.41) is 8.68. The number of ether oxygens (including phenoxy) is 2. The molecule has 0 aliphatic carbocycles. The highest BCUT2D eigenvalue weighted by Gasteiger charge is 2.05. The molecule has 0 amide bonds. The molecule has 0 fully saturated rings. The van der Waals surface area contributed by atoms with Gasteiger partial charge in [-0.3, -0.25) is 0 Å². The third-order valence-electron chi connectivity index (χ3n) is 1.13. The van der Waals surface area contributed by atoms with Crippen LogP contribution in [-0.2, 0) is 9.47 Å². The van der Waals surface area contributed by atoms with Gasteiger partial charge < -0.3 is 14.6 Å². The quantitative estimate of drug-likeness (QED) is 0.505. The number of rotatable bonds is 6. The molecule has 0 aromatic rings. The lowest BCUT2D eigenvalue weighted by Crippen LogP contribution is -2.19. The van der Waals surface area contributed by atoms with Gasteiger partial charge in [-0.25, -0.2) is 0 Å². The van der Waals surface area contributed by atoms with E-state index in [-0.39, 0.29) is 19.0 Å². The molecular formula is C6H13BO3. The van der Waals surface area contributed by atoms with Gasteiger partial charge in [-0.1, -0.05) is 0 Å². The van der Waals surface area contributed by atoms with Crippen LogP contribution >= 0.6 is 0 Å². The Kier molecular flexibility index (Phi) is 7.02. The number of hydrogen-bond donors (Lipinski definition) is 1. The lowest BCUT2D eigenvalue weighted by Gasteiger charge is -2.11. The molecule has 0 aromatic carbocycles. The SMILES string of the molecule is [B]COC[C@H](CO)COC. The van der Waals surface area contributed by atoms with E-state index in [2.05, 4.69) is 0 Å². The summed E-state index contributed by atoms with van der Waals surface area (Å²) in [6, 6.07) is 0. The van der Waals surface area contributed by atoms with Crippen molar-refractivity contribution in [1.29, 1.82) is 0 Å². The topological polar surface area (TPSA) is 38.7 Å². The van der Waals surface area contributed by atoms with Gasteiger partial charge in [-0.05, 0) is 0 Å². The van der Waals surface area contributed by atoms with E-state index in [1.807, 2.05) is 0 Å². The van der Waals surface area contributed by atoms with Gasteiger partial charge in [-0.15, -0.1) is 0 Å². The van der Waals surface area contributed by atoms with E-state index in [1.54, 1.807) is 7.11 Å². The average Bonchev–Trinajstić information content (AvgIpc) is 1.98. The molecular weight excluding hydrogens is 131 g/mol. The maximum atomic E-state index is 8.68. The van der Waals surface area contributed by atoms with Crippen LogP contribution < -0.4 is 0 Å². The van der Waals surface area contributed by atoms with Crippen molar-refractivity contribution in [3.63, 3.8) is 0 Å². The maximum absolute atomic E-state index is 8.68. The lowest BCUT2D eigenvalue weighted by molar-refractivity contribution is 0.0460. The van der Waals surface area contributed by atoms with Crippen LogP contribution in [0.5, 0.6) is 0 Å². The van der Waals surface area contributed by atoms with E-state index in [1.165, 1.54) is 0 Å². The minimum atomic E-state index is 0.0496. The molecule has 4 heteroatoms. The maximum Gasteiger partial charge on any atom is 0.104 e. The van der Waals surface area contributed by atoms with Crippen molar-refractivity contribution in [3.8, 4) is 0 Å². The molecule has 0 spiro atoms. The Labute approximate surface area is 62.7 Å². The zero-order valence-corrected chi connectivity index (χ0v) is 6.25.